The van der Waals surface area contributed by atoms with Gasteiger partial charge in [-0.3, -0.25) is 4.68 Å². The van der Waals surface area contributed by atoms with Crippen molar-refractivity contribution in [2.24, 2.45) is 7.05 Å². The SMILES string of the molecule is CC(C)N(CCCO)C(=O)NC(C(=O)O)c1cnn(C)c1. The average molecular weight is 298 g/mol. The maximum absolute atomic E-state index is 12.2. The summed E-state index contributed by atoms with van der Waals surface area (Å²) in [6, 6.07) is -1.73. The first-order valence-corrected chi connectivity index (χ1v) is 6.76. The molecule has 1 atom stereocenters. The van der Waals surface area contributed by atoms with Crippen LogP contribution in [-0.2, 0) is 11.8 Å². The van der Waals surface area contributed by atoms with Crippen LogP contribution in [0.4, 0.5) is 4.79 Å². The van der Waals surface area contributed by atoms with Gasteiger partial charge in [0.1, 0.15) is 0 Å². The minimum absolute atomic E-state index is 0.0263. The molecule has 1 unspecified atom stereocenters. The number of hydrogen-bond donors (Lipinski definition) is 3. The quantitative estimate of drug-likeness (QED) is 0.673. The fourth-order valence-corrected chi connectivity index (χ4v) is 1.92. The van der Waals surface area contributed by atoms with E-state index in [1.807, 2.05) is 13.8 Å². The zero-order valence-electron chi connectivity index (χ0n) is 12.5. The van der Waals surface area contributed by atoms with Gasteiger partial charge >= 0.3 is 12.0 Å². The van der Waals surface area contributed by atoms with Crippen LogP contribution in [0.15, 0.2) is 12.4 Å². The fourth-order valence-electron chi connectivity index (χ4n) is 1.92. The van der Waals surface area contributed by atoms with Gasteiger partial charge in [0.25, 0.3) is 0 Å². The number of aromatic nitrogens is 2. The van der Waals surface area contributed by atoms with Gasteiger partial charge in [-0.15, -0.1) is 0 Å². The lowest BCUT2D eigenvalue weighted by atomic mass is 10.1. The first-order valence-electron chi connectivity index (χ1n) is 6.76. The van der Waals surface area contributed by atoms with E-state index in [0.717, 1.165) is 0 Å². The summed E-state index contributed by atoms with van der Waals surface area (Å²) in [5.41, 5.74) is 0.407. The highest BCUT2D eigenvalue weighted by Crippen LogP contribution is 2.13. The molecule has 1 heterocycles. The zero-order valence-corrected chi connectivity index (χ0v) is 12.5. The Bertz CT molecular complexity index is 486. The van der Waals surface area contributed by atoms with Crippen molar-refractivity contribution in [3.05, 3.63) is 18.0 Å². The zero-order chi connectivity index (χ0) is 16.0. The Kier molecular flexibility index (Phi) is 6.16. The maximum atomic E-state index is 12.2. The lowest BCUT2D eigenvalue weighted by molar-refractivity contribution is -0.139. The standard InChI is InChI=1S/C13H22N4O4/c1-9(2)17(5-4-6-18)13(21)15-11(12(19)20)10-7-14-16(3)8-10/h7-9,11,18H,4-6H2,1-3H3,(H,15,21)(H,19,20). The average Bonchev–Trinajstić information content (AvgIpc) is 2.82. The van der Waals surface area contributed by atoms with Gasteiger partial charge in [-0.05, 0) is 20.3 Å². The Morgan fingerprint density at radius 3 is 2.57 bits per heavy atom. The molecule has 2 amide bonds. The van der Waals surface area contributed by atoms with Crippen molar-refractivity contribution < 1.29 is 19.8 Å². The van der Waals surface area contributed by atoms with E-state index in [4.69, 9.17) is 5.11 Å². The van der Waals surface area contributed by atoms with E-state index in [0.29, 0.717) is 18.5 Å². The van der Waals surface area contributed by atoms with Crippen LogP contribution in [0.3, 0.4) is 0 Å². The molecule has 21 heavy (non-hydrogen) atoms. The summed E-state index contributed by atoms with van der Waals surface area (Å²) in [5, 5.41) is 24.5. The number of nitrogens with zero attached hydrogens (tertiary/aromatic N) is 3. The highest BCUT2D eigenvalue weighted by atomic mass is 16.4. The summed E-state index contributed by atoms with van der Waals surface area (Å²) in [7, 11) is 1.67. The van der Waals surface area contributed by atoms with E-state index in [-0.39, 0.29) is 12.6 Å². The molecule has 118 valence electrons. The van der Waals surface area contributed by atoms with E-state index >= 15 is 0 Å². The van der Waals surface area contributed by atoms with Crippen molar-refractivity contribution in [3.63, 3.8) is 0 Å². The van der Waals surface area contributed by atoms with Crippen molar-refractivity contribution in [2.45, 2.75) is 32.4 Å². The second kappa shape index (κ2) is 7.63. The number of carbonyl (C=O) groups is 2. The van der Waals surface area contributed by atoms with Crippen molar-refractivity contribution in [1.82, 2.24) is 20.0 Å². The number of aliphatic hydroxyl groups is 1. The molecule has 1 aromatic rings. The molecular weight excluding hydrogens is 276 g/mol. The molecule has 8 heteroatoms. The molecule has 0 bridgehead atoms. The number of carboxylic acids is 1. The number of carboxylic acid groups (broad SMARTS) is 1. The summed E-state index contributed by atoms with van der Waals surface area (Å²) in [6.07, 6.45) is 3.40. The smallest absolute Gasteiger partial charge is 0.331 e. The monoisotopic (exact) mass is 298 g/mol. The summed E-state index contributed by atoms with van der Waals surface area (Å²) in [4.78, 5) is 25.1. The van der Waals surface area contributed by atoms with Gasteiger partial charge < -0.3 is 20.4 Å². The predicted octanol–water partition coefficient (Wildman–Crippen LogP) is 0.348. The number of carbonyl (C=O) groups excluding carboxylic acids is 1. The van der Waals surface area contributed by atoms with Crippen LogP contribution in [0.25, 0.3) is 0 Å². The lowest BCUT2D eigenvalue weighted by Crippen LogP contribution is -2.47. The van der Waals surface area contributed by atoms with E-state index in [2.05, 4.69) is 10.4 Å². The second-order valence-electron chi connectivity index (χ2n) is 5.03. The Morgan fingerprint density at radius 1 is 1.48 bits per heavy atom. The molecule has 0 aliphatic heterocycles. The van der Waals surface area contributed by atoms with Gasteiger partial charge in [0.05, 0.1) is 6.20 Å². The fraction of sp³-hybridized carbons (Fsp3) is 0.615. The van der Waals surface area contributed by atoms with Gasteiger partial charge in [-0.1, -0.05) is 0 Å². The van der Waals surface area contributed by atoms with Crippen LogP contribution >= 0.6 is 0 Å². The number of aliphatic carboxylic acids is 1. The van der Waals surface area contributed by atoms with E-state index in [1.54, 1.807) is 13.2 Å². The molecule has 0 spiro atoms. The second-order valence-corrected chi connectivity index (χ2v) is 5.03. The van der Waals surface area contributed by atoms with Gasteiger partial charge in [-0.2, -0.15) is 5.10 Å². The topological polar surface area (TPSA) is 108 Å². The molecule has 1 rings (SSSR count). The molecule has 1 aromatic heterocycles. The predicted molar refractivity (Wildman–Crippen MR) is 75.7 cm³/mol. The van der Waals surface area contributed by atoms with Crippen LogP contribution < -0.4 is 5.32 Å². The number of nitrogens with one attached hydrogen (secondary N) is 1. The van der Waals surface area contributed by atoms with Gasteiger partial charge in [0, 0.05) is 38.0 Å². The Balaban J connectivity index is 2.82. The first-order chi connectivity index (χ1) is 9.86. The minimum Gasteiger partial charge on any atom is -0.479 e. The van der Waals surface area contributed by atoms with E-state index < -0.39 is 18.0 Å². The molecule has 0 radical (unpaired) electrons. The highest BCUT2D eigenvalue weighted by molar-refractivity contribution is 5.83. The van der Waals surface area contributed by atoms with Gasteiger partial charge in [-0.25, -0.2) is 9.59 Å². The molecular formula is C13H22N4O4. The lowest BCUT2D eigenvalue weighted by Gasteiger charge is -2.28. The van der Waals surface area contributed by atoms with E-state index in [9.17, 15) is 14.7 Å². The van der Waals surface area contributed by atoms with Crippen molar-refractivity contribution in [3.8, 4) is 0 Å². The number of aliphatic hydroxyl groups excluding tert-OH is 1. The Morgan fingerprint density at radius 2 is 2.14 bits per heavy atom. The third-order valence-electron chi connectivity index (χ3n) is 3.01. The minimum atomic E-state index is -1.15. The summed E-state index contributed by atoms with van der Waals surface area (Å²) in [5.74, 6) is -1.15. The third-order valence-corrected chi connectivity index (χ3v) is 3.01. The Hall–Kier alpha value is -2.09. The summed E-state index contributed by atoms with van der Waals surface area (Å²) >= 11 is 0. The third kappa shape index (κ3) is 4.75. The van der Waals surface area contributed by atoms with Crippen molar-refractivity contribution in [2.75, 3.05) is 13.2 Å². The largest absolute Gasteiger partial charge is 0.479 e. The highest BCUT2D eigenvalue weighted by Gasteiger charge is 2.26. The number of hydrogen-bond acceptors (Lipinski definition) is 4. The van der Waals surface area contributed by atoms with Gasteiger partial charge in [0.2, 0.25) is 0 Å². The van der Waals surface area contributed by atoms with Gasteiger partial charge in [0.15, 0.2) is 6.04 Å². The van der Waals surface area contributed by atoms with Crippen LogP contribution in [-0.4, -0.2) is 56.1 Å². The van der Waals surface area contributed by atoms with Crippen molar-refractivity contribution in [1.29, 1.82) is 0 Å². The first kappa shape index (κ1) is 17.0. The molecule has 8 nitrogen and oxygen atoms in total. The number of urea groups is 1. The number of aryl methyl sites for hydroxylation is 1. The van der Waals surface area contributed by atoms with Crippen LogP contribution in [0.5, 0.6) is 0 Å². The van der Waals surface area contributed by atoms with Crippen molar-refractivity contribution >= 4 is 12.0 Å². The number of rotatable bonds is 7. The molecule has 0 aromatic carbocycles. The molecule has 0 aliphatic rings. The Labute approximate surface area is 123 Å². The summed E-state index contributed by atoms with van der Waals surface area (Å²) < 4.78 is 1.48. The molecule has 0 aliphatic carbocycles. The van der Waals surface area contributed by atoms with Crippen LogP contribution in [0.2, 0.25) is 0 Å². The van der Waals surface area contributed by atoms with E-state index in [1.165, 1.54) is 15.8 Å². The maximum Gasteiger partial charge on any atom is 0.331 e. The summed E-state index contributed by atoms with van der Waals surface area (Å²) in [6.45, 7) is 3.99. The van der Waals surface area contributed by atoms with Crippen LogP contribution in [0, 0.1) is 0 Å². The molecule has 0 saturated heterocycles. The molecule has 3 N–H and O–H groups in total. The van der Waals surface area contributed by atoms with Crippen LogP contribution in [0.1, 0.15) is 31.9 Å². The normalized spacial score (nSPS) is 12.2. The molecule has 0 fully saturated rings. The molecule has 0 saturated carbocycles. The number of amides is 2.